The number of rotatable bonds is 4. The third-order valence-electron chi connectivity index (χ3n) is 3.33. The molecule has 0 bridgehead atoms. The summed E-state index contributed by atoms with van der Waals surface area (Å²) in [5.41, 5.74) is 0.173. The summed E-state index contributed by atoms with van der Waals surface area (Å²) in [5, 5.41) is 2.64. The Hall–Kier alpha value is -1.73. The zero-order chi connectivity index (χ0) is 14.6. The van der Waals surface area contributed by atoms with Gasteiger partial charge in [-0.25, -0.2) is 9.97 Å². The molecule has 0 aliphatic carbocycles. The highest BCUT2D eigenvalue weighted by Gasteiger charge is 2.38. The number of carbonyl (C=O) groups excluding carboxylic acids is 1. The van der Waals surface area contributed by atoms with Gasteiger partial charge in [0.2, 0.25) is 0 Å². The second kappa shape index (κ2) is 6.15. The summed E-state index contributed by atoms with van der Waals surface area (Å²) in [5.74, 6) is -0.104. The molecule has 1 aromatic rings. The van der Waals surface area contributed by atoms with Crippen LogP contribution in [0.3, 0.4) is 0 Å². The van der Waals surface area contributed by atoms with Crippen molar-refractivity contribution in [2.75, 3.05) is 33.9 Å². The van der Waals surface area contributed by atoms with Gasteiger partial charge in [-0.3, -0.25) is 9.69 Å². The minimum Gasteiger partial charge on any atom is -0.467 e. The SMILES string of the molecule is CNC(=O)C1(C)CN(Cc2cnc(OC)nc2)CCO1. The van der Waals surface area contributed by atoms with E-state index < -0.39 is 5.60 Å². The number of morpholine rings is 1. The number of ether oxygens (including phenoxy) is 2. The molecule has 1 unspecified atom stereocenters. The minimum atomic E-state index is -0.805. The van der Waals surface area contributed by atoms with Crippen LogP contribution in [0.25, 0.3) is 0 Å². The van der Waals surface area contributed by atoms with Gasteiger partial charge in [-0.05, 0) is 6.92 Å². The molecule has 1 amide bonds. The second-order valence-corrected chi connectivity index (χ2v) is 4.95. The molecule has 0 saturated carbocycles. The van der Waals surface area contributed by atoms with E-state index in [4.69, 9.17) is 9.47 Å². The highest BCUT2D eigenvalue weighted by molar-refractivity contribution is 5.84. The van der Waals surface area contributed by atoms with E-state index in [0.717, 1.165) is 12.1 Å². The average Bonchev–Trinajstić information content (AvgIpc) is 2.47. The van der Waals surface area contributed by atoms with Crippen LogP contribution in [0.1, 0.15) is 12.5 Å². The zero-order valence-corrected chi connectivity index (χ0v) is 12.0. The van der Waals surface area contributed by atoms with E-state index in [1.165, 1.54) is 7.11 Å². The van der Waals surface area contributed by atoms with Crippen LogP contribution in [0, 0.1) is 0 Å². The Balaban J connectivity index is 2.00. The minimum absolute atomic E-state index is 0.104. The maximum Gasteiger partial charge on any atom is 0.316 e. The van der Waals surface area contributed by atoms with Gasteiger partial charge in [0.25, 0.3) is 5.91 Å². The van der Waals surface area contributed by atoms with Gasteiger partial charge in [0, 0.05) is 44.6 Å². The molecule has 1 aliphatic rings. The second-order valence-electron chi connectivity index (χ2n) is 4.95. The first-order valence-corrected chi connectivity index (χ1v) is 6.51. The van der Waals surface area contributed by atoms with E-state index in [1.807, 2.05) is 6.92 Å². The summed E-state index contributed by atoms with van der Waals surface area (Å²) in [6, 6.07) is 0.353. The number of hydrogen-bond donors (Lipinski definition) is 1. The van der Waals surface area contributed by atoms with Crippen molar-refractivity contribution >= 4 is 5.91 Å². The molecule has 110 valence electrons. The highest BCUT2D eigenvalue weighted by Crippen LogP contribution is 2.19. The van der Waals surface area contributed by atoms with Gasteiger partial charge < -0.3 is 14.8 Å². The van der Waals surface area contributed by atoms with Crippen LogP contribution in [0.15, 0.2) is 12.4 Å². The van der Waals surface area contributed by atoms with E-state index >= 15 is 0 Å². The Morgan fingerprint density at radius 2 is 2.25 bits per heavy atom. The summed E-state index contributed by atoms with van der Waals surface area (Å²) in [6.07, 6.45) is 3.47. The lowest BCUT2D eigenvalue weighted by Crippen LogP contribution is -2.57. The highest BCUT2D eigenvalue weighted by atomic mass is 16.5. The predicted molar refractivity (Wildman–Crippen MR) is 72.3 cm³/mol. The maximum absolute atomic E-state index is 11.9. The van der Waals surface area contributed by atoms with Gasteiger partial charge in [0.15, 0.2) is 5.60 Å². The van der Waals surface area contributed by atoms with Crippen molar-refractivity contribution in [3.8, 4) is 6.01 Å². The Bertz CT molecular complexity index is 465. The Kier molecular flexibility index (Phi) is 4.51. The van der Waals surface area contributed by atoms with Crippen molar-refractivity contribution in [3.63, 3.8) is 0 Å². The fourth-order valence-electron chi connectivity index (χ4n) is 2.28. The molecule has 1 aromatic heterocycles. The standard InChI is InChI=1S/C13H20N4O3/c1-13(11(18)14-2)9-17(4-5-20-13)8-10-6-15-12(19-3)16-7-10/h6-7H,4-5,8-9H2,1-3H3,(H,14,18). The van der Waals surface area contributed by atoms with Gasteiger partial charge in [0.05, 0.1) is 13.7 Å². The van der Waals surface area contributed by atoms with Crippen LogP contribution in [-0.2, 0) is 16.1 Å². The van der Waals surface area contributed by atoms with Gasteiger partial charge in [-0.15, -0.1) is 0 Å². The molecule has 2 rings (SSSR count). The molecule has 2 heterocycles. The van der Waals surface area contributed by atoms with Crippen LogP contribution in [0.2, 0.25) is 0 Å². The van der Waals surface area contributed by atoms with Gasteiger partial charge >= 0.3 is 6.01 Å². The van der Waals surface area contributed by atoms with Crippen molar-refractivity contribution < 1.29 is 14.3 Å². The first-order chi connectivity index (χ1) is 9.57. The first kappa shape index (κ1) is 14.7. The molecule has 0 aromatic carbocycles. The molecule has 1 N–H and O–H groups in total. The number of methoxy groups -OCH3 is 1. The third-order valence-corrected chi connectivity index (χ3v) is 3.33. The number of carbonyl (C=O) groups is 1. The van der Waals surface area contributed by atoms with Crippen LogP contribution < -0.4 is 10.1 Å². The van der Waals surface area contributed by atoms with Gasteiger partial charge in [-0.2, -0.15) is 0 Å². The van der Waals surface area contributed by atoms with E-state index in [0.29, 0.717) is 25.7 Å². The lowest BCUT2D eigenvalue weighted by Gasteiger charge is -2.38. The Morgan fingerprint density at radius 1 is 1.55 bits per heavy atom. The van der Waals surface area contributed by atoms with Crippen molar-refractivity contribution in [1.82, 2.24) is 20.2 Å². The summed E-state index contributed by atoms with van der Waals surface area (Å²) in [6.45, 7) is 4.33. The first-order valence-electron chi connectivity index (χ1n) is 6.51. The maximum atomic E-state index is 11.9. The zero-order valence-electron chi connectivity index (χ0n) is 12.0. The predicted octanol–water partition coefficient (Wildman–Crippen LogP) is -0.178. The summed E-state index contributed by atoms with van der Waals surface area (Å²) < 4.78 is 10.5. The molecule has 1 fully saturated rings. The fourth-order valence-corrected chi connectivity index (χ4v) is 2.28. The number of nitrogens with one attached hydrogen (secondary N) is 1. The summed E-state index contributed by atoms with van der Waals surface area (Å²) >= 11 is 0. The quantitative estimate of drug-likeness (QED) is 0.824. The fraction of sp³-hybridized carbons (Fsp3) is 0.615. The van der Waals surface area contributed by atoms with Crippen molar-refractivity contribution in [2.24, 2.45) is 0 Å². The Morgan fingerprint density at radius 3 is 2.85 bits per heavy atom. The van der Waals surface area contributed by atoms with E-state index in [9.17, 15) is 4.79 Å². The van der Waals surface area contributed by atoms with Crippen molar-refractivity contribution in [1.29, 1.82) is 0 Å². The van der Waals surface area contributed by atoms with Crippen LogP contribution in [0.5, 0.6) is 6.01 Å². The lowest BCUT2D eigenvalue weighted by atomic mass is 10.0. The molecular formula is C13H20N4O3. The number of likely N-dealkylation sites (N-methyl/N-ethyl adjacent to an activating group) is 1. The van der Waals surface area contributed by atoms with E-state index in [1.54, 1.807) is 19.4 Å². The van der Waals surface area contributed by atoms with Crippen LogP contribution in [0.4, 0.5) is 0 Å². The lowest BCUT2D eigenvalue weighted by molar-refractivity contribution is -0.156. The number of hydrogen-bond acceptors (Lipinski definition) is 6. The van der Waals surface area contributed by atoms with Crippen molar-refractivity contribution in [3.05, 3.63) is 18.0 Å². The number of aromatic nitrogens is 2. The molecule has 20 heavy (non-hydrogen) atoms. The smallest absolute Gasteiger partial charge is 0.316 e. The molecule has 1 saturated heterocycles. The molecule has 0 spiro atoms. The van der Waals surface area contributed by atoms with E-state index in [-0.39, 0.29) is 5.91 Å². The molecule has 1 aliphatic heterocycles. The number of nitrogens with zero attached hydrogens (tertiary/aromatic N) is 3. The van der Waals surface area contributed by atoms with Gasteiger partial charge in [0.1, 0.15) is 0 Å². The summed E-state index contributed by atoms with van der Waals surface area (Å²) in [7, 11) is 3.15. The van der Waals surface area contributed by atoms with Gasteiger partial charge in [-0.1, -0.05) is 0 Å². The Labute approximate surface area is 118 Å². The van der Waals surface area contributed by atoms with Crippen molar-refractivity contribution in [2.45, 2.75) is 19.1 Å². The average molecular weight is 280 g/mol. The summed E-state index contributed by atoms with van der Waals surface area (Å²) in [4.78, 5) is 22.2. The molecule has 7 nitrogen and oxygen atoms in total. The molecule has 7 heteroatoms. The van der Waals surface area contributed by atoms with Crippen LogP contribution >= 0.6 is 0 Å². The molecule has 0 radical (unpaired) electrons. The van der Waals surface area contributed by atoms with E-state index in [2.05, 4.69) is 20.2 Å². The molecule has 1 atom stereocenters. The monoisotopic (exact) mass is 280 g/mol. The normalized spacial score (nSPS) is 23.4. The third kappa shape index (κ3) is 3.23. The largest absolute Gasteiger partial charge is 0.467 e. The number of amides is 1. The molecular weight excluding hydrogens is 260 g/mol. The topological polar surface area (TPSA) is 76.6 Å². The van der Waals surface area contributed by atoms with Crippen LogP contribution in [-0.4, -0.2) is 60.2 Å².